The van der Waals surface area contributed by atoms with Gasteiger partial charge in [-0.15, -0.1) is 0 Å². The average Bonchev–Trinajstić information content (AvgIpc) is 3.33. The molecule has 1 aromatic heterocycles. The zero-order chi connectivity index (χ0) is 18.9. The average molecular weight is 389 g/mol. The van der Waals surface area contributed by atoms with Crippen molar-refractivity contribution < 1.29 is 8.42 Å². The van der Waals surface area contributed by atoms with Gasteiger partial charge in [0.2, 0.25) is 10.0 Å². The van der Waals surface area contributed by atoms with Crippen molar-refractivity contribution >= 4 is 10.0 Å². The van der Waals surface area contributed by atoms with Gasteiger partial charge in [-0.1, -0.05) is 43.2 Å². The molecule has 0 unspecified atom stereocenters. The maximum Gasteiger partial charge on any atom is 0.246 e. The summed E-state index contributed by atoms with van der Waals surface area (Å²) in [6.45, 7) is 5.25. The van der Waals surface area contributed by atoms with Gasteiger partial charge in [-0.25, -0.2) is 8.42 Å². The Morgan fingerprint density at radius 2 is 1.70 bits per heavy atom. The minimum absolute atomic E-state index is 0.357. The van der Waals surface area contributed by atoms with Gasteiger partial charge in [0.25, 0.3) is 0 Å². The van der Waals surface area contributed by atoms with E-state index in [1.807, 2.05) is 29.8 Å². The molecule has 0 radical (unpaired) electrons. The van der Waals surface area contributed by atoms with Gasteiger partial charge in [-0.05, 0) is 25.3 Å². The van der Waals surface area contributed by atoms with E-state index in [1.54, 1.807) is 10.5 Å². The number of hydrogen-bond donors (Lipinski definition) is 0. The lowest BCUT2D eigenvalue weighted by atomic mass is 10.2. The summed E-state index contributed by atoms with van der Waals surface area (Å²) in [4.78, 5) is 2.70. The van der Waals surface area contributed by atoms with Crippen molar-refractivity contribution in [1.29, 1.82) is 0 Å². The fourth-order valence-corrected chi connectivity index (χ4v) is 5.76. The number of rotatable bonds is 5. The number of hydrogen-bond acceptors (Lipinski definition) is 4. The molecule has 0 atom stereocenters. The number of sulfonamides is 1. The zero-order valence-corrected chi connectivity index (χ0v) is 16.7. The molecule has 0 bridgehead atoms. The van der Waals surface area contributed by atoms with Crippen molar-refractivity contribution in [3.05, 3.63) is 47.8 Å². The first-order valence-electron chi connectivity index (χ1n) is 9.86. The molecule has 2 fully saturated rings. The quantitative estimate of drug-likeness (QED) is 0.790. The van der Waals surface area contributed by atoms with Crippen LogP contribution in [-0.2, 0) is 16.6 Å². The van der Waals surface area contributed by atoms with Gasteiger partial charge in [0.1, 0.15) is 4.90 Å². The fraction of sp³-hybridized carbons (Fsp3) is 0.550. The lowest BCUT2D eigenvalue weighted by Crippen LogP contribution is -2.48. The van der Waals surface area contributed by atoms with Crippen LogP contribution in [0.3, 0.4) is 0 Å². The van der Waals surface area contributed by atoms with E-state index >= 15 is 0 Å². The molecule has 1 aliphatic carbocycles. The Bertz CT molecular complexity index is 865. The maximum absolute atomic E-state index is 13.2. The predicted molar refractivity (Wildman–Crippen MR) is 105 cm³/mol. The number of aryl methyl sites for hydroxylation is 1. The minimum Gasteiger partial charge on any atom is -0.296 e. The molecule has 0 amide bonds. The highest BCUT2D eigenvalue weighted by Gasteiger charge is 2.32. The normalized spacial score (nSPS) is 20.3. The van der Waals surface area contributed by atoms with E-state index in [9.17, 15) is 8.42 Å². The Kier molecular flexibility index (Phi) is 5.34. The molecule has 1 aliphatic heterocycles. The van der Waals surface area contributed by atoms with Crippen molar-refractivity contribution in [3.8, 4) is 0 Å². The number of aromatic nitrogens is 2. The third-order valence-corrected chi connectivity index (χ3v) is 7.77. The summed E-state index contributed by atoms with van der Waals surface area (Å²) in [5.74, 6) is 0. The highest BCUT2D eigenvalue weighted by atomic mass is 32.2. The zero-order valence-electron chi connectivity index (χ0n) is 15.9. The number of benzene rings is 1. The van der Waals surface area contributed by atoms with E-state index in [4.69, 9.17) is 0 Å². The molecule has 1 saturated heterocycles. The Morgan fingerprint density at radius 1 is 1.04 bits per heavy atom. The van der Waals surface area contributed by atoms with Crippen LogP contribution < -0.4 is 0 Å². The van der Waals surface area contributed by atoms with Crippen LogP contribution in [-0.4, -0.2) is 53.6 Å². The molecule has 1 saturated carbocycles. The topological polar surface area (TPSA) is 58.4 Å². The molecule has 0 N–H and O–H groups in total. The Labute approximate surface area is 161 Å². The summed E-state index contributed by atoms with van der Waals surface area (Å²) in [6, 6.07) is 10.7. The first-order chi connectivity index (χ1) is 13.0. The molecule has 6 nitrogen and oxygen atoms in total. The number of nitrogens with zero attached hydrogens (tertiary/aromatic N) is 4. The largest absolute Gasteiger partial charge is 0.296 e. The standard InChI is InChI=1S/C20H28N4O2S/c1-17-20(16-24(21-17)19-9-5-6-10-19)27(25,26)23-13-11-22(12-14-23)15-18-7-3-2-4-8-18/h2-4,7-8,16,19H,5-6,9-15H2,1H3. The van der Waals surface area contributed by atoms with Gasteiger partial charge in [0.05, 0.1) is 11.7 Å². The maximum atomic E-state index is 13.2. The first-order valence-corrected chi connectivity index (χ1v) is 11.3. The summed E-state index contributed by atoms with van der Waals surface area (Å²) in [7, 11) is -3.47. The molecule has 146 valence electrons. The molecule has 2 aromatic rings. The van der Waals surface area contributed by atoms with E-state index < -0.39 is 10.0 Å². The van der Waals surface area contributed by atoms with E-state index in [2.05, 4.69) is 22.1 Å². The third kappa shape index (κ3) is 3.95. The first kappa shape index (κ1) is 18.7. The monoisotopic (exact) mass is 388 g/mol. The van der Waals surface area contributed by atoms with Crippen LogP contribution in [0.25, 0.3) is 0 Å². The van der Waals surface area contributed by atoms with Crippen LogP contribution >= 0.6 is 0 Å². The van der Waals surface area contributed by atoms with Gasteiger partial charge in [-0.3, -0.25) is 9.58 Å². The van der Waals surface area contributed by atoms with E-state index in [0.29, 0.717) is 29.7 Å². The SMILES string of the molecule is Cc1nn(C2CCCC2)cc1S(=O)(=O)N1CCN(Cc2ccccc2)CC1. The van der Waals surface area contributed by atoms with Crippen molar-refractivity contribution in [2.24, 2.45) is 0 Å². The smallest absolute Gasteiger partial charge is 0.246 e. The van der Waals surface area contributed by atoms with Crippen molar-refractivity contribution in [1.82, 2.24) is 19.0 Å². The molecule has 4 rings (SSSR count). The highest BCUT2D eigenvalue weighted by molar-refractivity contribution is 7.89. The molecule has 27 heavy (non-hydrogen) atoms. The van der Waals surface area contributed by atoms with Crippen LogP contribution in [0.15, 0.2) is 41.4 Å². The predicted octanol–water partition coefficient (Wildman–Crippen LogP) is 2.81. The third-order valence-electron chi connectivity index (χ3n) is 5.77. The second kappa shape index (κ2) is 7.73. The summed E-state index contributed by atoms with van der Waals surface area (Å²) in [5, 5.41) is 4.52. The minimum atomic E-state index is -3.47. The summed E-state index contributed by atoms with van der Waals surface area (Å²) >= 11 is 0. The van der Waals surface area contributed by atoms with Crippen LogP contribution in [0.5, 0.6) is 0 Å². The van der Waals surface area contributed by atoms with E-state index in [0.717, 1.165) is 32.5 Å². The Hall–Kier alpha value is -1.70. The van der Waals surface area contributed by atoms with E-state index in [1.165, 1.54) is 18.4 Å². The molecule has 2 aliphatic rings. The van der Waals surface area contributed by atoms with Crippen LogP contribution in [0.4, 0.5) is 0 Å². The van der Waals surface area contributed by atoms with Crippen molar-refractivity contribution in [2.75, 3.05) is 26.2 Å². The summed E-state index contributed by atoms with van der Waals surface area (Å²) < 4.78 is 29.8. The summed E-state index contributed by atoms with van der Waals surface area (Å²) in [6.07, 6.45) is 6.36. The van der Waals surface area contributed by atoms with Crippen LogP contribution in [0.2, 0.25) is 0 Å². The van der Waals surface area contributed by atoms with Crippen molar-refractivity contribution in [3.63, 3.8) is 0 Å². The highest BCUT2D eigenvalue weighted by Crippen LogP contribution is 2.31. The molecular formula is C20H28N4O2S. The molecular weight excluding hydrogens is 360 g/mol. The molecule has 7 heteroatoms. The molecule has 0 spiro atoms. The van der Waals surface area contributed by atoms with Crippen LogP contribution in [0, 0.1) is 6.92 Å². The van der Waals surface area contributed by atoms with Gasteiger partial charge >= 0.3 is 0 Å². The van der Waals surface area contributed by atoms with Crippen LogP contribution in [0.1, 0.15) is 43.0 Å². The Balaban J connectivity index is 1.43. The van der Waals surface area contributed by atoms with Crippen molar-refractivity contribution in [2.45, 2.75) is 50.1 Å². The second-order valence-corrected chi connectivity index (χ2v) is 9.57. The second-order valence-electron chi connectivity index (χ2n) is 7.66. The van der Waals surface area contributed by atoms with E-state index in [-0.39, 0.29) is 0 Å². The van der Waals surface area contributed by atoms with Gasteiger partial charge in [0, 0.05) is 38.9 Å². The van der Waals surface area contributed by atoms with Gasteiger partial charge in [-0.2, -0.15) is 9.40 Å². The molecule has 2 heterocycles. The Morgan fingerprint density at radius 3 is 2.37 bits per heavy atom. The van der Waals surface area contributed by atoms with Gasteiger partial charge in [0.15, 0.2) is 0 Å². The summed E-state index contributed by atoms with van der Waals surface area (Å²) in [5.41, 5.74) is 1.89. The lowest BCUT2D eigenvalue weighted by molar-refractivity contribution is 0.181. The number of piperazine rings is 1. The lowest BCUT2D eigenvalue weighted by Gasteiger charge is -2.33. The van der Waals surface area contributed by atoms with Gasteiger partial charge < -0.3 is 0 Å². The molecule has 1 aromatic carbocycles. The fourth-order valence-electron chi connectivity index (χ4n) is 4.18.